The van der Waals surface area contributed by atoms with Gasteiger partial charge >= 0.3 is 5.97 Å². The van der Waals surface area contributed by atoms with Crippen LogP contribution in [0.25, 0.3) is 10.8 Å². The lowest BCUT2D eigenvalue weighted by Crippen LogP contribution is -2.34. The Labute approximate surface area is 204 Å². The summed E-state index contributed by atoms with van der Waals surface area (Å²) in [5.74, 6) is -0.643. The van der Waals surface area contributed by atoms with Gasteiger partial charge in [-0.3, -0.25) is 14.4 Å². The molecule has 0 radical (unpaired) electrons. The fourth-order valence-electron chi connectivity index (χ4n) is 3.63. The molecule has 184 valence electrons. The van der Waals surface area contributed by atoms with Crippen molar-refractivity contribution in [1.82, 2.24) is 10.6 Å². The van der Waals surface area contributed by atoms with E-state index in [0.717, 1.165) is 16.3 Å². The van der Waals surface area contributed by atoms with Crippen molar-refractivity contribution in [3.8, 4) is 11.5 Å². The molecule has 3 aromatic carbocycles. The van der Waals surface area contributed by atoms with Gasteiger partial charge in [0.05, 0.1) is 19.3 Å². The lowest BCUT2D eigenvalue weighted by Gasteiger charge is -2.16. The number of amides is 2. The minimum Gasteiger partial charge on any atom is -0.490 e. The Balaban J connectivity index is 1.48. The zero-order valence-electron chi connectivity index (χ0n) is 20.1. The molecule has 0 aromatic heterocycles. The van der Waals surface area contributed by atoms with Gasteiger partial charge in [0.1, 0.15) is 6.54 Å². The topological polar surface area (TPSA) is 103 Å². The van der Waals surface area contributed by atoms with Crippen molar-refractivity contribution in [3.05, 3.63) is 71.8 Å². The summed E-state index contributed by atoms with van der Waals surface area (Å²) in [4.78, 5) is 36.8. The number of ether oxygens (including phenoxy) is 3. The highest BCUT2D eigenvalue weighted by Gasteiger charge is 2.16. The molecule has 0 bridgehead atoms. The fraction of sp³-hybridized carbons (Fsp3) is 0.296. The second kappa shape index (κ2) is 12.4. The maximum Gasteiger partial charge on any atom is 0.325 e. The summed E-state index contributed by atoms with van der Waals surface area (Å²) in [6, 6.07) is 18.3. The molecule has 0 aliphatic heterocycles. The first-order valence-electron chi connectivity index (χ1n) is 11.5. The van der Waals surface area contributed by atoms with Crippen molar-refractivity contribution in [2.24, 2.45) is 0 Å². The predicted molar refractivity (Wildman–Crippen MR) is 133 cm³/mol. The number of benzene rings is 3. The second-order valence-electron chi connectivity index (χ2n) is 7.73. The van der Waals surface area contributed by atoms with Gasteiger partial charge in [0.25, 0.3) is 11.8 Å². The lowest BCUT2D eigenvalue weighted by atomic mass is 10.00. The van der Waals surface area contributed by atoms with Gasteiger partial charge in [-0.05, 0) is 55.3 Å². The van der Waals surface area contributed by atoms with E-state index in [2.05, 4.69) is 10.6 Å². The van der Waals surface area contributed by atoms with Crippen LogP contribution in [-0.2, 0) is 14.3 Å². The van der Waals surface area contributed by atoms with Crippen LogP contribution in [0.2, 0.25) is 0 Å². The lowest BCUT2D eigenvalue weighted by molar-refractivity contribution is -0.147. The Morgan fingerprint density at radius 2 is 1.60 bits per heavy atom. The standard InChI is InChI=1S/C27H30N2O6/c1-4-33-23-14-13-20(15-24(23)34-5-2)27(32)28-16-26(31)35-17-25(30)29-18(3)21-12-8-10-19-9-6-7-11-22(19)21/h6-15,18H,4-5,16-17H2,1-3H3,(H,28,32)(H,29,30). The highest BCUT2D eigenvalue weighted by atomic mass is 16.5. The third-order valence-electron chi connectivity index (χ3n) is 5.23. The van der Waals surface area contributed by atoms with Crippen molar-refractivity contribution in [3.63, 3.8) is 0 Å². The van der Waals surface area contributed by atoms with Crippen LogP contribution in [-0.4, -0.2) is 44.1 Å². The molecule has 0 saturated heterocycles. The normalized spacial score (nSPS) is 11.4. The Bertz CT molecular complexity index is 1190. The summed E-state index contributed by atoms with van der Waals surface area (Å²) in [5, 5.41) is 7.45. The zero-order valence-corrected chi connectivity index (χ0v) is 20.1. The zero-order chi connectivity index (χ0) is 25.2. The molecule has 0 heterocycles. The van der Waals surface area contributed by atoms with Crippen LogP contribution in [0.4, 0.5) is 0 Å². The van der Waals surface area contributed by atoms with Crippen LogP contribution >= 0.6 is 0 Å². The molecule has 3 rings (SSSR count). The van der Waals surface area contributed by atoms with Gasteiger partial charge in [0.15, 0.2) is 18.1 Å². The van der Waals surface area contributed by atoms with E-state index in [0.29, 0.717) is 30.3 Å². The second-order valence-corrected chi connectivity index (χ2v) is 7.73. The van der Waals surface area contributed by atoms with Gasteiger partial charge in [-0.25, -0.2) is 0 Å². The Kier molecular flexibility index (Phi) is 9.06. The van der Waals surface area contributed by atoms with Crippen molar-refractivity contribution < 1.29 is 28.6 Å². The van der Waals surface area contributed by atoms with Crippen LogP contribution < -0.4 is 20.1 Å². The maximum atomic E-state index is 12.4. The molecule has 0 fully saturated rings. The summed E-state index contributed by atoms with van der Waals surface area (Å²) in [7, 11) is 0. The van der Waals surface area contributed by atoms with Crippen molar-refractivity contribution in [2.75, 3.05) is 26.4 Å². The van der Waals surface area contributed by atoms with Gasteiger partial charge in [-0.15, -0.1) is 0 Å². The molecule has 1 atom stereocenters. The molecule has 2 N–H and O–H groups in total. The highest BCUT2D eigenvalue weighted by Crippen LogP contribution is 2.28. The van der Waals surface area contributed by atoms with Crippen molar-refractivity contribution >= 4 is 28.6 Å². The number of carbonyl (C=O) groups is 3. The number of nitrogens with one attached hydrogen (secondary N) is 2. The predicted octanol–water partition coefficient (Wildman–Crippen LogP) is 3.79. The molecule has 0 saturated carbocycles. The number of fused-ring (bicyclic) bond motifs is 1. The maximum absolute atomic E-state index is 12.4. The first-order chi connectivity index (χ1) is 16.9. The van der Waals surface area contributed by atoms with E-state index < -0.39 is 24.4 Å². The molecular weight excluding hydrogens is 448 g/mol. The summed E-state index contributed by atoms with van der Waals surface area (Å²) < 4.78 is 16.0. The fourth-order valence-corrected chi connectivity index (χ4v) is 3.63. The molecule has 3 aromatic rings. The van der Waals surface area contributed by atoms with Gasteiger partial charge in [0.2, 0.25) is 0 Å². The third-order valence-corrected chi connectivity index (χ3v) is 5.23. The molecule has 2 amide bonds. The SMILES string of the molecule is CCOc1ccc(C(=O)NCC(=O)OCC(=O)NC(C)c2cccc3ccccc23)cc1OCC. The molecule has 8 heteroatoms. The monoisotopic (exact) mass is 478 g/mol. The number of hydrogen-bond donors (Lipinski definition) is 2. The Morgan fingerprint density at radius 1 is 0.886 bits per heavy atom. The minimum absolute atomic E-state index is 0.272. The van der Waals surface area contributed by atoms with E-state index in [1.165, 1.54) is 0 Å². The highest BCUT2D eigenvalue weighted by molar-refractivity contribution is 5.96. The van der Waals surface area contributed by atoms with E-state index in [1.807, 2.05) is 63.2 Å². The Hall–Kier alpha value is -4.07. The smallest absolute Gasteiger partial charge is 0.325 e. The van der Waals surface area contributed by atoms with E-state index in [1.54, 1.807) is 18.2 Å². The van der Waals surface area contributed by atoms with E-state index in [4.69, 9.17) is 14.2 Å². The molecule has 0 aliphatic carbocycles. The molecular formula is C27H30N2O6. The van der Waals surface area contributed by atoms with Gasteiger partial charge in [0, 0.05) is 5.56 Å². The van der Waals surface area contributed by atoms with Crippen molar-refractivity contribution in [1.29, 1.82) is 0 Å². The van der Waals surface area contributed by atoms with Crippen LogP contribution in [0.15, 0.2) is 60.7 Å². The summed E-state index contributed by atoms with van der Waals surface area (Å²) in [5.41, 5.74) is 1.28. The number of hydrogen-bond acceptors (Lipinski definition) is 6. The van der Waals surface area contributed by atoms with Crippen LogP contribution in [0, 0.1) is 0 Å². The largest absolute Gasteiger partial charge is 0.490 e. The average Bonchev–Trinajstić information content (AvgIpc) is 2.87. The van der Waals surface area contributed by atoms with E-state index in [-0.39, 0.29) is 12.6 Å². The average molecular weight is 479 g/mol. The molecule has 0 aliphatic rings. The molecule has 0 spiro atoms. The quantitative estimate of drug-likeness (QED) is 0.407. The number of carbonyl (C=O) groups excluding carboxylic acids is 3. The van der Waals surface area contributed by atoms with Gasteiger partial charge < -0.3 is 24.8 Å². The van der Waals surface area contributed by atoms with E-state index in [9.17, 15) is 14.4 Å². The van der Waals surface area contributed by atoms with Gasteiger partial charge in [-0.2, -0.15) is 0 Å². The summed E-state index contributed by atoms with van der Waals surface area (Å²) in [6.45, 7) is 5.62. The minimum atomic E-state index is -0.720. The number of esters is 1. The molecule has 8 nitrogen and oxygen atoms in total. The Morgan fingerprint density at radius 3 is 2.37 bits per heavy atom. The first kappa shape index (κ1) is 25.6. The number of rotatable bonds is 11. The first-order valence-corrected chi connectivity index (χ1v) is 11.5. The van der Waals surface area contributed by atoms with Crippen LogP contribution in [0.5, 0.6) is 11.5 Å². The van der Waals surface area contributed by atoms with E-state index >= 15 is 0 Å². The van der Waals surface area contributed by atoms with Crippen molar-refractivity contribution in [2.45, 2.75) is 26.8 Å². The van der Waals surface area contributed by atoms with Crippen LogP contribution in [0.1, 0.15) is 42.7 Å². The summed E-state index contributed by atoms with van der Waals surface area (Å²) in [6.07, 6.45) is 0. The summed E-state index contributed by atoms with van der Waals surface area (Å²) >= 11 is 0. The van der Waals surface area contributed by atoms with Crippen LogP contribution in [0.3, 0.4) is 0 Å². The molecule has 1 unspecified atom stereocenters. The van der Waals surface area contributed by atoms with Gasteiger partial charge in [-0.1, -0.05) is 42.5 Å². The molecule has 35 heavy (non-hydrogen) atoms. The third kappa shape index (κ3) is 6.96.